The van der Waals surface area contributed by atoms with Gasteiger partial charge in [-0.1, -0.05) is 46.5 Å². The molecule has 5 heteroatoms. The normalized spacial score (nSPS) is 24.3. The van der Waals surface area contributed by atoms with Crippen LogP contribution in [0.25, 0.3) is 0 Å². The maximum atomic E-state index is 14.4. The van der Waals surface area contributed by atoms with Gasteiger partial charge in [0.2, 0.25) is 0 Å². The van der Waals surface area contributed by atoms with Crippen molar-refractivity contribution >= 4 is 0 Å². The Morgan fingerprint density at radius 2 is 1.57 bits per heavy atom. The molecule has 1 rings (SSSR count). The summed E-state index contributed by atoms with van der Waals surface area (Å²) >= 11 is 0. The van der Waals surface area contributed by atoms with E-state index in [-0.39, 0.29) is 18.0 Å². The second-order valence-electron chi connectivity index (χ2n) is 8.08. The Kier molecular flexibility index (Phi) is 11.9. The van der Waals surface area contributed by atoms with Crippen LogP contribution in [-0.2, 0) is 14.2 Å². The van der Waals surface area contributed by atoms with Crippen LogP contribution in [0, 0.1) is 17.8 Å². The van der Waals surface area contributed by atoms with E-state index in [1.807, 2.05) is 20.8 Å². The summed E-state index contributed by atoms with van der Waals surface area (Å²) in [4.78, 5) is 0. The van der Waals surface area contributed by atoms with Gasteiger partial charge in [-0.2, -0.15) is 0 Å². The Bertz CT molecular complexity index is 508. The summed E-state index contributed by atoms with van der Waals surface area (Å²) < 4.78 is 44.9. The molecule has 0 heterocycles. The summed E-state index contributed by atoms with van der Waals surface area (Å²) in [5.74, 6) is -0.570. The fourth-order valence-corrected chi connectivity index (χ4v) is 3.90. The smallest absolute Gasteiger partial charge is 0.195 e. The standard InChI is InChI=1S/C23H40F2O3/c1-7-9-19-10-12-20(13-11-19)15-28-18(5)27-14-16(3)21(8-2)23(25)22(24)17(4)26-6/h16,18-20H,7-15H2,1-6H3/b22-17-,23-21-. The Hall–Kier alpha value is -0.940. The molecule has 28 heavy (non-hydrogen) atoms. The first kappa shape index (κ1) is 25.1. The minimum absolute atomic E-state index is 0.0538. The molecule has 0 aromatic rings. The highest BCUT2D eigenvalue weighted by molar-refractivity contribution is 5.28. The Morgan fingerprint density at radius 1 is 0.964 bits per heavy atom. The molecule has 1 aliphatic carbocycles. The van der Waals surface area contributed by atoms with Crippen molar-refractivity contribution in [3.05, 3.63) is 23.0 Å². The minimum atomic E-state index is -0.936. The van der Waals surface area contributed by atoms with Crippen LogP contribution >= 0.6 is 0 Å². The van der Waals surface area contributed by atoms with Crippen LogP contribution in [0.15, 0.2) is 23.0 Å². The highest BCUT2D eigenvalue weighted by Gasteiger charge is 2.22. The molecule has 0 N–H and O–H groups in total. The number of methoxy groups -OCH3 is 1. The molecular formula is C23H40F2O3. The van der Waals surface area contributed by atoms with Gasteiger partial charge in [0.05, 0.1) is 20.3 Å². The molecule has 2 atom stereocenters. The van der Waals surface area contributed by atoms with Gasteiger partial charge in [0.15, 0.2) is 17.9 Å². The zero-order valence-electron chi connectivity index (χ0n) is 18.7. The van der Waals surface area contributed by atoms with Gasteiger partial charge >= 0.3 is 0 Å². The number of rotatable bonds is 12. The third-order valence-corrected chi connectivity index (χ3v) is 5.88. The summed E-state index contributed by atoms with van der Waals surface area (Å²) in [6.07, 6.45) is 7.74. The molecule has 0 aromatic heterocycles. The largest absolute Gasteiger partial charge is 0.498 e. The minimum Gasteiger partial charge on any atom is -0.498 e. The van der Waals surface area contributed by atoms with E-state index in [1.54, 1.807) is 0 Å². The van der Waals surface area contributed by atoms with Crippen molar-refractivity contribution in [2.75, 3.05) is 20.3 Å². The van der Waals surface area contributed by atoms with Crippen LogP contribution in [-0.4, -0.2) is 26.6 Å². The third kappa shape index (κ3) is 8.20. The maximum absolute atomic E-state index is 14.4. The zero-order valence-corrected chi connectivity index (χ0v) is 18.7. The monoisotopic (exact) mass is 402 g/mol. The van der Waals surface area contributed by atoms with Crippen molar-refractivity contribution in [2.45, 2.75) is 85.9 Å². The van der Waals surface area contributed by atoms with Gasteiger partial charge in [0.1, 0.15) is 5.76 Å². The van der Waals surface area contributed by atoms with Crippen molar-refractivity contribution in [1.29, 1.82) is 0 Å². The van der Waals surface area contributed by atoms with E-state index in [0.717, 1.165) is 5.92 Å². The van der Waals surface area contributed by atoms with Gasteiger partial charge in [-0.05, 0) is 50.5 Å². The molecule has 0 spiro atoms. The summed E-state index contributed by atoms with van der Waals surface area (Å²) in [7, 11) is 1.33. The van der Waals surface area contributed by atoms with Gasteiger partial charge < -0.3 is 14.2 Å². The van der Waals surface area contributed by atoms with Crippen LogP contribution in [0.4, 0.5) is 8.78 Å². The average Bonchev–Trinajstić information content (AvgIpc) is 2.71. The van der Waals surface area contributed by atoms with Gasteiger partial charge in [-0.3, -0.25) is 0 Å². The average molecular weight is 403 g/mol. The van der Waals surface area contributed by atoms with E-state index in [1.165, 1.54) is 52.6 Å². The van der Waals surface area contributed by atoms with E-state index in [4.69, 9.17) is 14.2 Å². The molecule has 0 aromatic carbocycles. The highest BCUT2D eigenvalue weighted by atomic mass is 19.2. The number of hydrogen-bond donors (Lipinski definition) is 0. The van der Waals surface area contributed by atoms with Crippen LogP contribution in [0.1, 0.15) is 79.6 Å². The molecule has 1 saturated carbocycles. The molecule has 3 nitrogen and oxygen atoms in total. The summed E-state index contributed by atoms with van der Waals surface area (Å²) in [5.41, 5.74) is 0.398. The summed E-state index contributed by atoms with van der Waals surface area (Å²) in [6.45, 7) is 10.2. The fourth-order valence-electron chi connectivity index (χ4n) is 3.90. The molecule has 0 radical (unpaired) electrons. The number of halogens is 2. The van der Waals surface area contributed by atoms with E-state index in [0.29, 0.717) is 31.1 Å². The summed E-state index contributed by atoms with van der Waals surface area (Å²) in [6, 6.07) is 0. The molecule has 0 saturated heterocycles. The van der Waals surface area contributed by atoms with Gasteiger partial charge in [0, 0.05) is 5.92 Å². The van der Waals surface area contributed by atoms with Gasteiger partial charge in [-0.25, -0.2) is 8.78 Å². The van der Waals surface area contributed by atoms with E-state index >= 15 is 0 Å². The van der Waals surface area contributed by atoms with Gasteiger partial charge in [0.25, 0.3) is 0 Å². The Labute approximate surface area is 170 Å². The highest BCUT2D eigenvalue weighted by Crippen LogP contribution is 2.32. The number of ether oxygens (including phenoxy) is 3. The number of allylic oxidation sites excluding steroid dienone is 3. The lowest BCUT2D eigenvalue weighted by molar-refractivity contribution is -0.145. The molecule has 0 bridgehead atoms. The lowest BCUT2D eigenvalue weighted by Gasteiger charge is -2.29. The Balaban J connectivity index is 2.43. The van der Waals surface area contributed by atoms with Crippen LogP contribution < -0.4 is 0 Å². The SMILES string of the molecule is CCCC1CCC(COC(C)OCC(C)/C(CC)=C(F)/C(F)=C(\C)OC)CC1. The van der Waals surface area contributed by atoms with Crippen LogP contribution in [0.3, 0.4) is 0 Å². The van der Waals surface area contributed by atoms with Crippen molar-refractivity contribution in [1.82, 2.24) is 0 Å². The topological polar surface area (TPSA) is 27.7 Å². The second-order valence-corrected chi connectivity index (χ2v) is 8.08. The van der Waals surface area contributed by atoms with Crippen molar-refractivity contribution < 1.29 is 23.0 Å². The lowest BCUT2D eigenvalue weighted by atomic mass is 9.80. The predicted molar refractivity (Wildman–Crippen MR) is 110 cm³/mol. The van der Waals surface area contributed by atoms with Crippen molar-refractivity contribution in [2.24, 2.45) is 17.8 Å². The predicted octanol–water partition coefficient (Wildman–Crippen LogP) is 7.09. The van der Waals surface area contributed by atoms with Gasteiger partial charge in [-0.15, -0.1) is 0 Å². The van der Waals surface area contributed by atoms with E-state index < -0.39 is 11.7 Å². The molecule has 1 fully saturated rings. The Morgan fingerprint density at radius 3 is 2.11 bits per heavy atom. The maximum Gasteiger partial charge on any atom is 0.195 e. The first-order valence-electron chi connectivity index (χ1n) is 10.9. The third-order valence-electron chi connectivity index (χ3n) is 5.88. The van der Waals surface area contributed by atoms with Crippen LogP contribution in [0.5, 0.6) is 0 Å². The van der Waals surface area contributed by atoms with Crippen LogP contribution in [0.2, 0.25) is 0 Å². The number of hydrogen-bond acceptors (Lipinski definition) is 3. The molecular weight excluding hydrogens is 362 g/mol. The van der Waals surface area contributed by atoms with E-state index in [2.05, 4.69) is 6.92 Å². The quantitative estimate of drug-likeness (QED) is 0.198. The second kappa shape index (κ2) is 13.3. The first-order chi connectivity index (χ1) is 13.3. The van der Waals surface area contributed by atoms with Crippen molar-refractivity contribution in [3.63, 3.8) is 0 Å². The van der Waals surface area contributed by atoms with E-state index in [9.17, 15) is 8.78 Å². The lowest BCUT2D eigenvalue weighted by Crippen LogP contribution is -2.24. The molecule has 164 valence electrons. The fraction of sp³-hybridized carbons (Fsp3) is 0.826. The first-order valence-corrected chi connectivity index (χ1v) is 10.9. The molecule has 2 unspecified atom stereocenters. The molecule has 0 aliphatic heterocycles. The molecule has 0 amide bonds. The summed E-state index contributed by atoms with van der Waals surface area (Å²) in [5, 5.41) is 0. The van der Waals surface area contributed by atoms with Crippen molar-refractivity contribution in [3.8, 4) is 0 Å². The molecule has 1 aliphatic rings. The zero-order chi connectivity index (χ0) is 21.1.